The van der Waals surface area contributed by atoms with E-state index in [1.165, 1.54) is 16.4 Å². The zero-order valence-electron chi connectivity index (χ0n) is 14.8. The van der Waals surface area contributed by atoms with E-state index < -0.39 is 20.7 Å². The lowest BCUT2D eigenvalue weighted by molar-refractivity contribution is 0.0719. The third-order valence-corrected chi connectivity index (χ3v) is 7.16. The minimum absolute atomic E-state index is 0.174. The van der Waals surface area contributed by atoms with Crippen LogP contribution in [0.15, 0.2) is 45.9 Å². The normalized spacial score (nSPS) is 21.1. The number of amides is 1. The maximum atomic E-state index is 14.3. The third-order valence-electron chi connectivity index (χ3n) is 5.25. The summed E-state index contributed by atoms with van der Waals surface area (Å²) in [7, 11) is -3.94. The molecular weight excluding hydrogens is 371 g/mol. The van der Waals surface area contributed by atoms with E-state index in [0.717, 1.165) is 31.7 Å². The second-order valence-corrected chi connectivity index (χ2v) is 8.83. The summed E-state index contributed by atoms with van der Waals surface area (Å²) in [5, 5.41) is 0. The van der Waals surface area contributed by atoms with Gasteiger partial charge in [-0.1, -0.05) is 0 Å². The predicted molar refractivity (Wildman–Crippen MR) is 96.1 cm³/mol. The van der Waals surface area contributed by atoms with Crippen molar-refractivity contribution in [2.24, 2.45) is 0 Å². The van der Waals surface area contributed by atoms with Crippen molar-refractivity contribution in [2.45, 2.75) is 36.6 Å². The fraction of sp³-hybridized carbons (Fsp3) is 0.421. The molecule has 2 fully saturated rings. The molecule has 1 aromatic heterocycles. The highest BCUT2D eigenvalue weighted by Crippen LogP contribution is 2.34. The number of furan rings is 1. The molecule has 0 aliphatic carbocycles. The second-order valence-electron chi connectivity index (χ2n) is 6.93. The third kappa shape index (κ3) is 3.27. The van der Waals surface area contributed by atoms with Gasteiger partial charge < -0.3 is 9.32 Å². The molecule has 3 heterocycles. The number of rotatable bonds is 4. The van der Waals surface area contributed by atoms with Crippen LogP contribution in [-0.2, 0) is 10.0 Å². The first-order valence-corrected chi connectivity index (χ1v) is 10.6. The monoisotopic (exact) mass is 392 g/mol. The average molecular weight is 392 g/mol. The number of nitrogens with zero attached hydrogens (tertiary/aromatic N) is 2. The largest absolute Gasteiger partial charge is 0.467 e. The van der Waals surface area contributed by atoms with E-state index in [2.05, 4.69) is 0 Å². The van der Waals surface area contributed by atoms with E-state index in [1.807, 2.05) is 6.07 Å². The molecule has 27 heavy (non-hydrogen) atoms. The summed E-state index contributed by atoms with van der Waals surface area (Å²) in [5.74, 6) is -0.442. The molecule has 1 atom stereocenters. The zero-order valence-corrected chi connectivity index (χ0v) is 15.6. The summed E-state index contributed by atoms with van der Waals surface area (Å²) in [6.45, 7) is 1.31. The van der Waals surface area contributed by atoms with Crippen LogP contribution in [0.1, 0.15) is 47.8 Å². The molecular formula is C19H21FN2O4S. The summed E-state index contributed by atoms with van der Waals surface area (Å²) in [6.07, 6.45) is 4.70. The van der Waals surface area contributed by atoms with Crippen molar-refractivity contribution in [3.8, 4) is 0 Å². The van der Waals surface area contributed by atoms with Gasteiger partial charge in [0.1, 0.15) is 16.5 Å². The molecule has 1 aromatic carbocycles. The SMILES string of the molecule is O=C(c1ccc(F)c(S(=O)(=O)N2CCCC2)c1)N1CCCC1c1ccco1. The van der Waals surface area contributed by atoms with Gasteiger partial charge in [0.2, 0.25) is 10.0 Å². The number of hydrogen-bond acceptors (Lipinski definition) is 4. The van der Waals surface area contributed by atoms with Crippen molar-refractivity contribution in [2.75, 3.05) is 19.6 Å². The average Bonchev–Trinajstić information content (AvgIpc) is 3.43. The Labute approximate surface area is 157 Å². The van der Waals surface area contributed by atoms with Crippen LogP contribution in [0.4, 0.5) is 4.39 Å². The number of carbonyl (C=O) groups is 1. The molecule has 6 nitrogen and oxygen atoms in total. The Kier molecular flexibility index (Phi) is 4.77. The summed E-state index contributed by atoms with van der Waals surface area (Å²) in [4.78, 5) is 14.3. The van der Waals surface area contributed by atoms with Gasteiger partial charge in [-0.05, 0) is 56.0 Å². The van der Waals surface area contributed by atoms with Crippen molar-refractivity contribution in [3.63, 3.8) is 0 Å². The van der Waals surface area contributed by atoms with Crippen LogP contribution in [0.2, 0.25) is 0 Å². The van der Waals surface area contributed by atoms with Crippen molar-refractivity contribution >= 4 is 15.9 Å². The molecule has 1 amide bonds. The molecule has 0 spiro atoms. The van der Waals surface area contributed by atoms with Crippen LogP contribution in [0.5, 0.6) is 0 Å². The Morgan fingerprint density at radius 3 is 2.59 bits per heavy atom. The minimum Gasteiger partial charge on any atom is -0.467 e. The first-order chi connectivity index (χ1) is 13.0. The predicted octanol–water partition coefficient (Wildman–Crippen LogP) is 3.18. The number of benzene rings is 1. The number of sulfonamides is 1. The first-order valence-electron chi connectivity index (χ1n) is 9.12. The number of likely N-dealkylation sites (tertiary alicyclic amines) is 1. The van der Waals surface area contributed by atoms with Gasteiger partial charge in [0.25, 0.3) is 5.91 Å². The topological polar surface area (TPSA) is 70.8 Å². The Hall–Kier alpha value is -2.19. The van der Waals surface area contributed by atoms with Gasteiger partial charge in [0, 0.05) is 25.2 Å². The summed E-state index contributed by atoms with van der Waals surface area (Å²) in [6, 6.07) is 6.99. The van der Waals surface area contributed by atoms with E-state index in [0.29, 0.717) is 25.4 Å². The lowest BCUT2D eigenvalue weighted by atomic mass is 10.1. The molecule has 0 radical (unpaired) electrons. The van der Waals surface area contributed by atoms with Crippen LogP contribution < -0.4 is 0 Å². The van der Waals surface area contributed by atoms with Gasteiger partial charge in [-0.25, -0.2) is 12.8 Å². The molecule has 2 aromatic rings. The quantitative estimate of drug-likeness (QED) is 0.801. The summed E-state index contributed by atoms with van der Waals surface area (Å²) >= 11 is 0. The molecule has 0 saturated carbocycles. The summed E-state index contributed by atoms with van der Waals surface area (Å²) in [5.41, 5.74) is 0.174. The Balaban J connectivity index is 1.65. The van der Waals surface area contributed by atoms with Crippen LogP contribution in [0, 0.1) is 5.82 Å². The van der Waals surface area contributed by atoms with Crippen molar-refractivity contribution in [1.29, 1.82) is 0 Å². The zero-order chi connectivity index (χ0) is 19.0. The van der Waals surface area contributed by atoms with E-state index in [-0.39, 0.29) is 17.5 Å². The van der Waals surface area contributed by atoms with Crippen LogP contribution >= 0.6 is 0 Å². The number of hydrogen-bond donors (Lipinski definition) is 0. The highest BCUT2D eigenvalue weighted by atomic mass is 32.2. The molecule has 0 bridgehead atoms. The molecule has 2 saturated heterocycles. The first kappa shape index (κ1) is 18.2. The molecule has 4 rings (SSSR count). The molecule has 8 heteroatoms. The van der Waals surface area contributed by atoms with Gasteiger partial charge in [-0.15, -0.1) is 0 Å². The fourth-order valence-corrected chi connectivity index (χ4v) is 5.46. The molecule has 1 unspecified atom stereocenters. The maximum Gasteiger partial charge on any atom is 0.254 e. The lowest BCUT2D eigenvalue weighted by Crippen LogP contribution is -2.31. The van der Waals surface area contributed by atoms with Crippen LogP contribution in [0.3, 0.4) is 0 Å². The van der Waals surface area contributed by atoms with Gasteiger partial charge in [0.15, 0.2) is 0 Å². The standard InChI is InChI=1S/C19H21FN2O4S/c20-15-8-7-14(13-18(15)27(24,25)21-9-1-2-10-21)19(23)22-11-3-5-16(22)17-6-4-12-26-17/h4,6-8,12-13,16H,1-3,5,9-11H2. The van der Waals surface area contributed by atoms with Gasteiger partial charge >= 0.3 is 0 Å². The van der Waals surface area contributed by atoms with Crippen molar-refractivity contribution in [1.82, 2.24) is 9.21 Å². The van der Waals surface area contributed by atoms with E-state index in [4.69, 9.17) is 4.42 Å². The van der Waals surface area contributed by atoms with Crippen LogP contribution in [-0.4, -0.2) is 43.2 Å². The van der Waals surface area contributed by atoms with Gasteiger partial charge in [0.05, 0.1) is 12.3 Å². The van der Waals surface area contributed by atoms with Gasteiger partial charge in [-0.2, -0.15) is 4.31 Å². The molecule has 2 aliphatic rings. The Bertz CT molecular complexity index is 937. The molecule has 144 valence electrons. The van der Waals surface area contributed by atoms with E-state index >= 15 is 0 Å². The minimum atomic E-state index is -3.94. The molecule has 2 aliphatic heterocycles. The fourth-order valence-electron chi connectivity index (χ4n) is 3.85. The second kappa shape index (κ2) is 7.09. The smallest absolute Gasteiger partial charge is 0.254 e. The van der Waals surface area contributed by atoms with E-state index in [9.17, 15) is 17.6 Å². The van der Waals surface area contributed by atoms with Crippen molar-refractivity contribution in [3.05, 3.63) is 53.7 Å². The summed E-state index contributed by atoms with van der Waals surface area (Å²) < 4.78 is 46.5. The number of halogens is 1. The Morgan fingerprint density at radius 2 is 1.89 bits per heavy atom. The van der Waals surface area contributed by atoms with Gasteiger partial charge in [-0.3, -0.25) is 4.79 Å². The molecule has 0 N–H and O–H groups in total. The van der Waals surface area contributed by atoms with E-state index in [1.54, 1.807) is 17.2 Å². The van der Waals surface area contributed by atoms with Crippen LogP contribution in [0.25, 0.3) is 0 Å². The highest BCUT2D eigenvalue weighted by molar-refractivity contribution is 7.89. The Morgan fingerprint density at radius 1 is 1.11 bits per heavy atom. The maximum absolute atomic E-state index is 14.3. The number of carbonyl (C=O) groups excluding carboxylic acids is 1. The lowest BCUT2D eigenvalue weighted by Gasteiger charge is -2.24. The highest BCUT2D eigenvalue weighted by Gasteiger charge is 2.34. The van der Waals surface area contributed by atoms with Crippen molar-refractivity contribution < 1.29 is 22.0 Å².